The molecule has 19 heavy (non-hydrogen) atoms. The Morgan fingerprint density at radius 2 is 0.895 bits per heavy atom. The molecule has 0 aromatic heterocycles. The highest BCUT2D eigenvalue weighted by Crippen LogP contribution is 2.28. The summed E-state index contributed by atoms with van der Waals surface area (Å²) in [5.41, 5.74) is 0. The van der Waals surface area contributed by atoms with Crippen molar-refractivity contribution in [1.29, 1.82) is 0 Å². The van der Waals surface area contributed by atoms with Gasteiger partial charge >= 0.3 is 17.6 Å². The Hall–Kier alpha value is 0.234. The highest BCUT2D eigenvalue weighted by molar-refractivity contribution is 6.75. The second kappa shape index (κ2) is 8.50. The first-order chi connectivity index (χ1) is 8.78. The zero-order chi connectivity index (χ0) is 15.1. The van der Waals surface area contributed by atoms with Crippen LogP contribution >= 0.6 is 0 Å². The maximum absolute atomic E-state index is 6.23. The van der Waals surface area contributed by atoms with Gasteiger partial charge in [0.1, 0.15) is 0 Å². The fraction of sp³-hybridized carbons (Fsp3) is 1.00. The van der Waals surface area contributed by atoms with Crippen molar-refractivity contribution in [2.75, 3.05) is 28.4 Å². The Labute approximate surface area is 120 Å². The second-order valence-corrected chi connectivity index (χ2v) is 11.5. The van der Waals surface area contributed by atoms with Gasteiger partial charge in [-0.15, -0.1) is 0 Å². The average molecular weight is 311 g/mol. The van der Waals surface area contributed by atoms with E-state index in [1.807, 2.05) is 0 Å². The molecule has 0 aliphatic carbocycles. The van der Waals surface area contributed by atoms with E-state index in [2.05, 4.69) is 27.7 Å². The molecule has 7 heteroatoms. The van der Waals surface area contributed by atoms with E-state index >= 15 is 0 Å². The van der Waals surface area contributed by atoms with Gasteiger partial charge in [0, 0.05) is 40.5 Å². The largest absolute Gasteiger partial charge is 0.493 e. The minimum atomic E-state index is -2.74. The molecule has 0 aliphatic heterocycles. The van der Waals surface area contributed by atoms with Crippen LogP contribution in [0.25, 0.3) is 0 Å². The summed E-state index contributed by atoms with van der Waals surface area (Å²) < 4.78 is 28.7. The standard InChI is InChI=1S/C12H30O5Si2/c1-11(2)9-18(13-5,14-6)17-19(15-7,16-8)10-12(3)4/h11-12H,9-10H2,1-8H3. The number of hydrogen-bond acceptors (Lipinski definition) is 5. The first-order valence-electron chi connectivity index (χ1n) is 6.69. The quantitative estimate of drug-likeness (QED) is 0.581. The molecular formula is C12H30O5Si2. The van der Waals surface area contributed by atoms with Crippen LogP contribution < -0.4 is 0 Å². The van der Waals surface area contributed by atoms with Crippen molar-refractivity contribution in [3.05, 3.63) is 0 Å². The molecular weight excluding hydrogens is 280 g/mol. The molecule has 0 radical (unpaired) electrons. The lowest BCUT2D eigenvalue weighted by Crippen LogP contribution is -2.58. The Morgan fingerprint density at radius 1 is 0.632 bits per heavy atom. The summed E-state index contributed by atoms with van der Waals surface area (Å²) in [6.45, 7) is 8.48. The molecule has 0 aliphatic rings. The molecule has 116 valence electrons. The fourth-order valence-electron chi connectivity index (χ4n) is 1.99. The van der Waals surface area contributed by atoms with Crippen LogP contribution in [0.1, 0.15) is 27.7 Å². The summed E-state index contributed by atoms with van der Waals surface area (Å²) in [5.74, 6) is 0.844. The molecule has 0 fully saturated rings. The first-order valence-corrected chi connectivity index (χ1v) is 10.6. The third-order valence-electron chi connectivity index (χ3n) is 2.87. The maximum atomic E-state index is 6.23. The summed E-state index contributed by atoms with van der Waals surface area (Å²) >= 11 is 0. The SMILES string of the molecule is CO[Si](CC(C)C)(OC)O[Si](CC(C)C)(OC)OC. The third kappa shape index (κ3) is 6.03. The van der Waals surface area contributed by atoms with Crippen LogP contribution in [-0.2, 0) is 21.8 Å². The van der Waals surface area contributed by atoms with Gasteiger partial charge in [0.05, 0.1) is 0 Å². The fourth-order valence-corrected chi connectivity index (χ4v) is 8.88. The third-order valence-corrected chi connectivity index (χ3v) is 10.5. The van der Waals surface area contributed by atoms with Crippen LogP contribution in [0.15, 0.2) is 0 Å². The lowest BCUT2D eigenvalue weighted by molar-refractivity contribution is 0.0824. The lowest BCUT2D eigenvalue weighted by Gasteiger charge is -2.37. The zero-order valence-corrected chi connectivity index (χ0v) is 15.6. The highest BCUT2D eigenvalue weighted by atomic mass is 28.5. The van der Waals surface area contributed by atoms with Crippen LogP contribution in [0, 0.1) is 11.8 Å². The maximum Gasteiger partial charge on any atom is 0.493 e. The van der Waals surface area contributed by atoms with Gasteiger partial charge in [0.15, 0.2) is 0 Å². The van der Waals surface area contributed by atoms with Crippen LogP contribution in [0.5, 0.6) is 0 Å². The molecule has 0 rings (SSSR count). The Kier molecular flexibility index (Phi) is 8.61. The summed E-state index contributed by atoms with van der Waals surface area (Å²) in [4.78, 5) is 0. The van der Waals surface area contributed by atoms with Crippen LogP contribution in [-0.4, -0.2) is 46.0 Å². The topological polar surface area (TPSA) is 46.2 Å². The lowest BCUT2D eigenvalue weighted by atomic mass is 10.3. The van der Waals surface area contributed by atoms with Gasteiger partial charge in [0.25, 0.3) is 0 Å². The van der Waals surface area contributed by atoms with Crippen LogP contribution in [0.2, 0.25) is 12.1 Å². The van der Waals surface area contributed by atoms with Crippen molar-refractivity contribution in [2.45, 2.75) is 39.8 Å². The molecule has 0 heterocycles. The van der Waals surface area contributed by atoms with Gasteiger partial charge in [-0.05, 0) is 11.8 Å². The van der Waals surface area contributed by atoms with Crippen molar-refractivity contribution >= 4 is 17.6 Å². The van der Waals surface area contributed by atoms with E-state index in [-0.39, 0.29) is 0 Å². The van der Waals surface area contributed by atoms with Crippen molar-refractivity contribution in [1.82, 2.24) is 0 Å². The molecule has 0 bridgehead atoms. The van der Waals surface area contributed by atoms with Crippen molar-refractivity contribution in [3.8, 4) is 0 Å². The van der Waals surface area contributed by atoms with Crippen molar-refractivity contribution in [3.63, 3.8) is 0 Å². The van der Waals surface area contributed by atoms with Gasteiger partial charge in [-0.1, -0.05) is 27.7 Å². The molecule has 0 unspecified atom stereocenters. The summed E-state index contributed by atoms with van der Waals surface area (Å²) in [5, 5.41) is 0. The average Bonchev–Trinajstić information content (AvgIpc) is 2.35. The van der Waals surface area contributed by atoms with Gasteiger partial charge in [-0.25, -0.2) is 0 Å². The Bertz CT molecular complexity index is 216. The molecule has 0 N–H and O–H groups in total. The zero-order valence-electron chi connectivity index (χ0n) is 13.6. The molecule has 0 saturated carbocycles. The Balaban J connectivity index is 5.12. The monoisotopic (exact) mass is 310 g/mol. The molecule has 0 amide bonds. The Morgan fingerprint density at radius 3 is 1.05 bits per heavy atom. The van der Waals surface area contributed by atoms with Crippen LogP contribution in [0.3, 0.4) is 0 Å². The van der Waals surface area contributed by atoms with Gasteiger partial charge in [-0.3, -0.25) is 0 Å². The molecule has 0 saturated heterocycles. The number of hydrogen-bond donors (Lipinski definition) is 0. The van der Waals surface area contributed by atoms with Crippen molar-refractivity contribution < 1.29 is 21.8 Å². The van der Waals surface area contributed by atoms with Gasteiger partial charge in [-0.2, -0.15) is 0 Å². The minimum absolute atomic E-state index is 0.422. The molecule has 0 aromatic carbocycles. The predicted octanol–water partition coefficient (Wildman–Crippen LogP) is 2.78. The minimum Gasteiger partial charge on any atom is -0.377 e. The molecule has 0 aromatic rings. The second-order valence-electron chi connectivity index (χ2n) is 5.48. The predicted molar refractivity (Wildman–Crippen MR) is 79.9 cm³/mol. The smallest absolute Gasteiger partial charge is 0.377 e. The van der Waals surface area contributed by atoms with Crippen LogP contribution in [0.4, 0.5) is 0 Å². The van der Waals surface area contributed by atoms with E-state index in [4.69, 9.17) is 21.8 Å². The highest BCUT2D eigenvalue weighted by Gasteiger charge is 2.52. The van der Waals surface area contributed by atoms with E-state index in [0.29, 0.717) is 11.8 Å². The summed E-state index contributed by atoms with van der Waals surface area (Å²) in [6, 6.07) is 1.50. The van der Waals surface area contributed by atoms with Crippen molar-refractivity contribution in [2.24, 2.45) is 11.8 Å². The van der Waals surface area contributed by atoms with E-state index in [1.54, 1.807) is 28.4 Å². The first kappa shape index (κ1) is 19.2. The summed E-state index contributed by atoms with van der Waals surface area (Å²) in [6.07, 6.45) is 0. The molecule has 0 atom stereocenters. The van der Waals surface area contributed by atoms with E-state index < -0.39 is 17.6 Å². The van der Waals surface area contributed by atoms with E-state index in [9.17, 15) is 0 Å². The van der Waals surface area contributed by atoms with E-state index in [0.717, 1.165) is 12.1 Å². The summed E-state index contributed by atoms with van der Waals surface area (Å²) in [7, 11) is 1.07. The van der Waals surface area contributed by atoms with E-state index in [1.165, 1.54) is 0 Å². The molecule has 5 nitrogen and oxygen atoms in total. The van der Waals surface area contributed by atoms with Gasteiger partial charge in [0.2, 0.25) is 0 Å². The van der Waals surface area contributed by atoms with Gasteiger partial charge < -0.3 is 21.8 Å². The normalized spacial score (nSPS) is 13.6. The molecule has 0 spiro atoms. The number of rotatable bonds is 10.